The Bertz CT molecular complexity index is 229. The van der Waals surface area contributed by atoms with Crippen LogP contribution in [0.25, 0.3) is 0 Å². The Labute approximate surface area is 61.7 Å². The zero-order valence-electron chi connectivity index (χ0n) is 4.50. The van der Waals surface area contributed by atoms with Crippen LogP contribution in [0.2, 0.25) is 0 Å². The van der Waals surface area contributed by atoms with Gasteiger partial charge in [0.1, 0.15) is 10.7 Å². The third-order valence-electron chi connectivity index (χ3n) is 0.774. The fourth-order valence-electron chi connectivity index (χ4n) is 0.401. The summed E-state index contributed by atoms with van der Waals surface area (Å²) >= 11 is 5.97. The van der Waals surface area contributed by atoms with Crippen molar-refractivity contribution in [2.45, 2.75) is 0 Å². The third-order valence-corrected chi connectivity index (χ3v) is 1.66. The summed E-state index contributed by atoms with van der Waals surface area (Å²) in [6.07, 6.45) is 0. The summed E-state index contributed by atoms with van der Waals surface area (Å²) < 4.78 is 0. The quantitative estimate of drug-likeness (QED) is 0.581. The number of thiocarbonyl (C=S) groups is 1. The van der Waals surface area contributed by atoms with Crippen molar-refractivity contribution < 1.29 is 0 Å². The predicted octanol–water partition coefficient (Wildman–Crippen LogP) is 0.360. The van der Waals surface area contributed by atoms with Gasteiger partial charge in [-0.25, -0.2) is 4.98 Å². The molecule has 0 aliphatic rings. The van der Waals surface area contributed by atoms with Crippen LogP contribution in [0.5, 0.6) is 0 Å². The Kier molecular flexibility index (Phi) is 1.63. The van der Waals surface area contributed by atoms with Crippen LogP contribution < -0.4 is 11.5 Å². The maximum Gasteiger partial charge on any atom is 0.180 e. The van der Waals surface area contributed by atoms with Crippen LogP contribution in [0.1, 0.15) is 5.69 Å². The highest BCUT2D eigenvalue weighted by Gasteiger charge is 1.98. The minimum absolute atomic E-state index is 0.294. The largest absolute Gasteiger partial charge is 0.388 e. The summed E-state index contributed by atoms with van der Waals surface area (Å²) in [4.78, 5) is 4.13. The number of rotatable bonds is 1. The molecule has 0 saturated heterocycles. The number of nitrogens with two attached hydrogens (primary N) is 2. The predicted molar refractivity (Wildman–Crippen MR) is 42.4 cm³/mol. The first-order valence-electron chi connectivity index (χ1n) is 2.21. The van der Waals surface area contributed by atoms with Crippen molar-refractivity contribution in [2.24, 2.45) is 5.73 Å². The van der Waals surface area contributed by atoms with E-state index in [9.17, 15) is 0 Å². The second-order valence-corrected chi connectivity index (χ2v) is 2.76. The number of nitrogens with zero attached hydrogens (tertiary/aromatic N) is 1. The van der Waals surface area contributed by atoms with Crippen LogP contribution >= 0.6 is 23.6 Å². The summed E-state index contributed by atoms with van der Waals surface area (Å²) in [5.41, 5.74) is 11.2. The molecule has 0 aliphatic carbocycles. The summed E-state index contributed by atoms with van der Waals surface area (Å²) in [6, 6.07) is 0. The Morgan fingerprint density at radius 2 is 2.44 bits per heavy atom. The molecule has 1 rings (SSSR count). The van der Waals surface area contributed by atoms with Gasteiger partial charge in [0.2, 0.25) is 0 Å². The number of thiazole rings is 1. The third kappa shape index (κ3) is 1.36. The fraction of sp³-hybridized carbons (Fsp3) is 0. The summed E-state index contributed by atoms with van der Waals surface area (Å²) in [5.74, 6) is 0. The zero-order chi connectivity index (χ0) is 6.85. The number of anilines is 1. The molecule has 0 amide bonds. The van der Waals surface area contributed by atoms with E-state index in [4.69, 9.17) is 11.5 Å². The van der Waals surface area contributed by atoms with E-state index in [2.05, 4.69) is 17.2 Å². The van der Waals surface area contributed by atoms with E-state index in [1.165, 1.54) is 11.3 Å². The topological polar surface area (TPSA) is 64.9 Å². The van der Waals surface area contributed by atoms with E-state index in [0.29, 0.717) is 15.8 Å². The lowest BCUT2D eigenvalue weighted by atomic mass is 10.5. The van der Waals surface area contributed by atoms with Crippen molar-refractivity contribution in [1.29, 1.82) is 0 Å². The number of nitrogen functional groups attached to an aromatic ring is 1. The summed E-state index contributed by atoms with van der Waals surface area (Å²) in [5, 5.41) is 2.23. The SMILES string of the molecule is NC(=S)c1csc(N)n1. The smallest absolute Gasteiger partial charge is 0.180 e. The highest BCUT2D eigenvalue weighted by Crippen LogP contribution is 2.09. The average Bonchev–Trinajstić information content (AvgIpc) is 2.14. The first kappa shape index (κ1) is 6.44. The highest BCUT2D eigenvalue weighted by molar-refractivity contribution is 7.80. The molecule has 0 atom stereocenters. The molecular formula is C4H5N3S2. The van der Waals surface area contributed by atoms with Crippen molar-refractivity contribution in [2.75, 3.05) is 5.73 Å². The molecule has 0 spiro atoms. The van der Waals surface area contributed by atoms with Gasteiger partial charge in [-0.2, -0.15) is 0 Å². The van der Waals surface area contributed by atoms with Crippen LogP contribution in [0.4, 0.5) is 5.13 Å². The van der Waals surface area contributed by atoms with Crippen molar-refractivity contribution in [3.05, 3.63) is 11.1 Å². The minimum Gasteiger partial charge on any atom is -0.388 e. The van der Waals surface area contributed by atoms with E-state index >= 15 is 0 Å². The van der Waals surface area contributed by atoms with Gasteiger partial charge in [0.25, 0.3) is 0 Å². The van der Waals surface area contributed by atoms with Gasteiger partial charge < -0.3 is 11.5 Å². The molecule has 5 heteroatoms. The fourth-order valence-corrected chi connectivity index (χ4v) is 1.14. The van der Waals surface area contributed by atoms with Gasteiger partial charge in [-0.3, -0.25) is 0 Å². The van der Waals surface area contributed by atoms with Crippen LogP contribution in [0, 0.1) is 0 Å². The second-order valence-electron chi connectivity index (χ2n) is 1.44. The van der Waals surface area contributed by atoms with Crippen LogP contribution in [-0.4, -0.2) is 9.97 Å². The molecule has 4 N–H and O–H groups in total. The van der Waals surface area contributed by atoms with E-state index in [-0.39, 0.29) is 0 Å². The maximum absolute atomic E-state index is 5.31. The Morgan fingerprint density at radius 1 is 1.78 bits per heavy atom. The lowest BCUT2D eigenvalue weighted by Crippen LogP contribution is -2.09. The average molecular weight is 159 g/mol. The molecular weight excluding hydrogens is 154 g/mol. The number of aromatic nitrogens is 1. The molecule has 0 radical (unpaired) electrons. The molecule has 1 heterocycles. The first-order valence-corrected chi connectivity index (χ1v) is 3.50. The molecule has 1 aromatic rings. The Balaban J connectivity index is 2.98. The molecule has 0 aliphatic heterocycles. The zero-order valence-corrected chi connectivity index (χ0v) is 6.13. The van der Waals surface area contributed by atoms with Crippen LogP contribution in [0.15, 0.2) is 5.38 Å². The maximum atomic E-state index is 5.31. The standard InChI is InChI=1S/C4H5N3S2/c5-3(8)2-1-9-4(6)7-2/h1H,(H2,5,8)(H2,6,7). The van der Waals surface area contributed by atoms with Gasteiger partial charge >= 0.3 is 0 Å². The Hall–Kier alpha value is -0.680. The first-order chi connectivity index (χ1) is 4.20. The van der Waals surface area contributed by atoms with E-state index in [1.807, 2.05) is 0 Å². The second kappa shape index (κ2) is 2.28. The van der Waals surface area contributed by atoms with Crippen LogP contribution in [0.3, 0.4) is 0 Å². The van der Waals surface area contributed by atoms with Gasteiger partial charge in [0.05, 0.1) is 0 Å². The van der Waals surface area contributed by atoms with E-state index in [1.54, 1.807) is 5.38 Å². The van der Waals surface area contributed by atoms with Crippen molar-refractivity contribution in [3.63, 3.8) is 0 Å². The monoisotopic (exact) mass is 159 g/mol. The van der Waals surface area contributed by atoms with Gasteiger partial charge in [-0.15, -0.1) is 11.3 Å². The molecule has 0 aromatic carbocycles. The normalized spacial score (nSPS) is 9.33. The van der Waals surface area contributed by atoms with Crippen molar-refractivity contribution in [1.82, 2.24) is 4.98 Å². The van der Waals surface area contributed by atoms with Gasteiger partial charge in [0.15, 0.2) is 5.13 Å². The minimum atomic E-state index is 0.294. The van der Waals surface area contributed by atoms with Gasteiger partial charge in [-0.05, 0) is 0 Å². The van der Waals surface area contributed by atoms with Gasteiger partial charge in [0, 0.05) is 5.38 Å². The molecule has 0 fully saturated rings. The molecule has 0 saturated carbocycles. The lowest BCUT2D eigenvalue weighted by molar-refractivity contribution is 1.38. The lowest BCUT2D eigenvalue weighted by Gasteiger charge is -1.84. The van der Waals surface area contributed by atoms with Gasteiger partial charge in [-0.1, -0.05) is 12.2 Å². The molecule has 3 nitrogen and oxygen atoms in total. The van der Waals surface area contributed by atoms with Crippen molar-refractivity contribution in [3.8, 4) is 0 Å². The molecule has 0 bridgehead atoms. The number of hydrogen-bond donors (Lipinski definition) is 2. The van der Waals surface area contributed by atoms with E-state index in [0.717, 1.165) is 0 Å². The van der Waals surface area contributed by atoms with Crippen LogP contribution in [-0.2, 0) is 0 Å². The molecule has 48 valence electrons. The highest BCUT2D eigenvalue weighted by atomic mass is 32.1. The van der Waals surface area contributed by atoms with E-state index < -0.39 is 0 Å². The summed E-state index contributed by atoms with van der Waals surface area (Å²) in [7, 11) is 0. The summed E-state index contributed by atoms with van der Waals surface area (Å²) in [6.45, 7) is 0. The number of hydrogen-bond acceptors (Lipinski definition) is 4. The molecule has 1 aromatic heterocycles. The Morgan fingerprint density at radius 3 is 2.67 bits per heavy atom. The molecule has 9 heavy (non-hydrogen) atoms. The molecule has 0 unspecified atom stereocenters. The van der Waals surface area contributed by atoms with Crippen molar-refractivity contribution >= 4 is 33.7 Å².